The number of fused-ring (bicyclic) bond motifs is 1. The van der Waals surface area contributed by atoms with Crippen molar-refractivity contribution in [3.05, 3.63) is 47.9 Å². The van der Waals surface area contributed by atoms with Crippen molar-refractivity contribution in [2.75, 3.05) is 31.1 Å². The first kappa shape index (κ1) is 20.5. The van der Waals surface area contributed by atoms with Crippen molar-refractivity contribution in [2.24, 2.45) is 0 Å². The molecule has 0 unspecified atom stereocenters. The van der Waals surface area contributed by atoms with E-state index in [0.29, 0.717) is 17.2 Å². The summed E-state index contributed by atoms with van der Waals surface area (Å²) in [6.07, 6.45) is 2.31. The molecule has 30 heavy (non-hydrogen) atoms. The molecule has 1 fully saturated rings. The molecule has 1 aromatic carbocycles. The Morgan fingerprint density at radius 3 is 2.67 bits per heavy atom. The van der Waals surface area contributed by atoms with E-state index in [-0.39, 0.29) is 18.0 Å². The maximum absolute atomic E-state index is 12.8. The van der Waals surface area contributed by atoms with Gasteiger partial charge < -0.3 is 9.64 Å². The lowest BCUT2D eigenvalue weighted by molar-refractivity contribution is 0.309. The van der Waals surface area contributed by atoms with Crippen molar-refractivity contribution in [1.29, 1.82) is 0 Å². The second-order valence-corrected chi connectivity index (χ2v) is 9.07. The number of sulfonamides is 1. The van der Waals surface area contributed by atoms with Gasteiger partial charge in [-0.2, -0.15) is 4.98 Å². The van der Waals surface area contributed by atoms with E-state index in [1.165, 1.54) is 0 Å². The van der Waals surface area contributed by atoms with E-state index in [1.54, 1.807) is 12.1 Å². The lowest BCUT2D eigenvalue weighted by Crippen LogP contribution is -2.28. The van der Waals surface area contributed by atoms with Gasteiger partial charge in [-0.15, -0.1) is 0 Å². The van der Waals surface area contributed by atoms with Crippen LogP contribution in [0.1, 0.15) is 24.4 Å². The Labute approximate surface area is 176 Å². The van der Waals surface area contributed by atoms with Gasteiger partial charge in [0.1, 0.15) is 23.1 Å². The number of benzene rings is 1. The number of para-hydroxylation sites is 1. The first-order valence-electron chi connectivity index (χ1n) is 10.0. The van der Waals surface area contributed by atoms with Gasteiger partial charge in [0.25, 0.3) is 0 Å². The molecule has 9 heteroatoms. The molecule has 0 amide bonds. The second-order valence-electron chi connectivity index (χ2n) is 7.33. The molecule has 8 nitrogen and oxygen atoms in total. The average molecular weight is 428 g/mol. The van der Waals surface area contributed by atoms with Gasteiger partial charge in [-0.1, -0.05) is 18.2 Å². The molecular weight excluding hydrogens is 402 g/mol. The van der Waals surface area contributed by atoms with Crippen LogP contribution in [0, 0.1) is 13.8 Å². The van der Waals surface area contributed by atoms with Crippen LogP contribution in [-0.2, 0) is 10.0 Å². The van der Waals surface area contributed by atoms with Crippen molar-refractivity contribution in [1.82, 2.24) is 19.7 Å². The number of aromatic nitrogens is 3. The number of nitrogens with zero attached hydrogens (tertiary/aromatic N) is 4. The number of rotatable bonds is 7. The first-order valence-corrected chi connectivity index (χ1v) is 11.5. The number of pyridine rings is 1. The van der Waals surface area contributed by atoms with E-state index >= 15 is 0 Å². The zero-order valence-corrected chi connectivity index (χ0v) is 17.9. The molecule has 0 bridgehead atoms. The van der Waals surface area contributed by atoms with E-state index in [2.05, 4.69) is 24.6 Å². The molecule has 3 aromatic rings. The summed E-state index contributed by atoms with van der Waals surface area (Å²) >= 11 is 0. The highest BCUT2D eigenvalue weighted by molar-refractivity contribution is 7.89. The van der Waals surface area contributed by atoms with Crippen molar-refractivity contribution in [3.8, 4) is 5.88 Å². The maximum Gasteiger partial charge on any atom is 0.242 e. The number of hydrogen-bond donors (Lipinski definition) is 1. The van der Waals surface area contributed by atoms with Gasteiger partial charge in [-0.25, -0.2) is 18.1 Å². The smallest absolute Gasteiger partial charge is 0.242 e. The fourth-order valence-electron chi connectivity index (χ4n) is 3.55. The summed E-state index contributed by atoms with van der Waals surface area (Å²) in [5.74, 6) is 1.94. The highest BCUT2D eigenvalue weighted by atomic mass is 32.2. The third-order valence-electron chi connectivity index (χ3n) is 4.99. The molecule has 4 rings (SSSR count). The SMILES string of the molecule is Cc1ccc2cccc(S(=O)(=O)NCCOc3cc(N4CCCC4)nc(C)n3)c2n1. The minimum absolute atomic E-state index is 0.118. The summed E-state index contributed by atoms with van der Waals surface area (Å²) in [4.78, 5) is 15.6. The first-order chi connectivity index (χ1) is 14.4. The van der Waals surface area contributed by atoms with Crippen LogP contribution in [0.25, 0.3) is 10.9 Å². The maximum atomic E-state index is 12.8. The average Bonchev–Trinajstić information content (AvgIpc) is 3.25. The molecule has 1 aliphatic heterocycles. The van der Waals surface area contributed by atoms with Crippen LogP contribution in [0.5, 0.6) is 5.88 Å². The number of ether oxygens (including phenoxy) is 1. The summed E-state index contributed by atoms with van der Waals surface area (Å²) in [6, 6.07) is 10.7. The molecule has 0 saturated carbocycles. The van der Waals surface area contributed by atoms with E-state index < -0.39 is 10.0 Å². The third-order valence-corrected chi connectivity index (χ3v) is 6.48. The van der Waals surface area contributed by atoms with Crippen molar-refractivity contribution >= 4 is 26.7 Å². The largest absolute Gasteiger partial charge is 0.476 e. The van der Waals surface area contributed by atoms with Gasteiger partial charge in [0.2, 0.25) is 15.9 Å². The Hall–Kier alpha value is -2.78. The lowest BCUT2D eigenvalue weighted by atomic mass is 10.2. The van der Waals surface area contributed by atoms with Crippen LogP contribution in [-0.4, -0.2) is 49.6 Å². The molecule has 0 atom stereocenters. The van der Waals surface area contributed by atoms with E-state index in [9.17, 15) is 8.42 Å². The molecule has 2 aromatic heterocycles. The Kier molecular flexibility index (Phi) is 5.83. The molecule has 0 radical (unpaired) electrons. The molecule has 0 spiro atoms. The zero-order chi connectivity index (χ0) is 21.1. The number of aryl methyl sites for hydroxylation is 2. The highest BCUT2D eigenvalue weighted by Crippen LogP contribution is 2.22. The molecular formula is C21H25N5O3S. The fourth-order valence-corrected chi connectivity index (χ4v) is 4.73. The minimum Gasteiger partial charge on any atom is -0.476 e. The van der Waals surface area contributed by atoms with Gasteiger partial charge in [0.05, 0.1) is 5.52 Å². The van der Waals surface area contributed by atoms with Crippen LogP contribution in [0.3, 0.4) is 0 Å². The van der Waals surface area contributed by atoms with E-state index in [1.807, 2.05) is 38.1 Å². The molecule has 1 saturated heterocycles. The monoisotopic (exact) mass is 427 g/mol. The van der Waals surface area contributed by atoms with Crippen molar-refractivity contribution in [3.63, 3.8) is 0 Å². The van der Waals surface area contributed by atoms with Crippen molar-refractivity contribution < 1.29 is 13.2 Å². The van der Waals surface area contributed by atoms with E-state index in [4.69, 9.17) is 4.74 Å². The van der Waals surface area contributed by atoms with Crippen LogP contribution >= 0.6 is 0 Å². The highest BCUT2D eigenvalue weighted by Gasteiger charge is 2.19. The summed E-state index contributed by atoms with van der Waals surface area (Å²) in [7, 11) is -3.72. The van der Waals surface area contributed by atoms with Crippen LogP contribution in [0.15, 0.2) is 41.3 Å². The summed E-state index contributed by atoms with van der Waals surface area (Å²) in [5.41, 5.74) is 1.23. The second kappa shape index (κ2) is 8.53. The van der Waals surface area contributed by atoms with Crippen LogP contribution < -0.4 is 14.4 Å². The predicted octanol–water partition coefficient (Wildman–Crippen LogP) is 2.60. The molecule has 1 aliphatic rings. The normalized spacial score (nSPS) is 14.4. The molecule has 158 valence electrons. The quantitative estimate of drug-likeness (QED) is 0.579. The summed E-state index contributed by atoms with van der Waals surface area (Å²) < 4.78 is 33.9. The number of nitrogens with one attached hydrogen (secondary N) is 1. The van der Waals surface area contributed by atoms with Crippen molar-refractivity contribution in [2.45, 2.75) is 31.6 Å². The Morgan fingerprint density at radius 1 is 1.07 bits per heavy atom. The topological polar surface area (TPSA) is 97.3 Å². The molecule has 0 aliphatic carbocycles. The Balaban J connectivity index is 1.42. The Morgan fingerprint density at radius 2 is 1.87 bits per heavy atom. The van der Waals surface area contributed by atoms with Gasteiger partial charge >= 0.3 is 0 Å². The standard InChI is InChI=1S/C21H25N5O3S/c1-15-8-9-17-6-5-7-18(21(17)23-15)30(27,28)22-10-13-29-20-14-19(24-16(2)25-20)26-11-3-4-12-26/h5-9,14,22H,3-4,10-13H2,1-2H3. The lowest BCUT2D eigenvalue weighted by Gasteiger charge is -2.17. The Bertz CT molecular complexity index is 1160. The van der Waals surface area contributed by atoms with Gasteiger partial charge in [-0.05, 0) is 38.8 Å². The third kappa shape index (κ3) is 4.52. The van der Waals surface area contributed by atoms with Crippen LogP contribution in [0.2, 0.25) is 0 Å². The van der Waals surface area contributed by atoms with Gasteiger partial charge in [0, 0.05) is 36.8 Å². The predicted molar refractivity (Wildman–Crippen MR) is 115 cm³/mol. The van der Waals surface area contributed by atoms with Gasteiger partial charge in [-0.3, -0.25) is 4.98 Å². The van der Waals surface area contributed by atoms with Gasteiger partial charge in [0.15, 0.2) is 0 Å². The zero-order valence-electron chi connectivity index (χ0n) is 17.1. The number of hydrogen-bond acceptors (Lipinski definition) is 7. The minimum atomic E-state index is -3.72. The molecule has 3 heterocycles. The fraction of sp³-hybridized carbons (Fsp3) is 0.381. The number of anilines is 1. The molecule has 1 N–H and O–H groups in total. The van der Waals surface area contributed by atoms with Crippen LogP contribution in [0.4, 0.5) is 5.82 Å². The summed E-state index contributed by atoms with van der Waals surface area (Å²) in [5, 5.41) is 0.783. The summed E-state index contributed by atoms with van der Waals surface area (Å²) in [6.45, 7) is 5.90. The van der Waals surface area contributed by atoms with E-state index in [0.717, 1.165) is 42.8 Å².